The highest BCUT2D eigenvalue weighted by molar-refractivity contribution is 7.89. The highest BCUT2D eigenvalue weighted by atomic mass is 32.2. The number of hydrogen-bond donors (Lipinski definition) is 0. The molecule has 0 aliphatic carbocycles. The minimum Gasteiger partial charge on any atom is -0.347 e. The lowest BCUT2D eigenvalue weighted by atomic mass is 10.1. The monoisotopic (exact) mass is 371 g/mol. The fraction of sp³-hybridized carbons (Fsp3) is 0.571. The summed E-state index contributed by atoms with van der Waals surface area (Å²) in [5.74, 6) is -0.661. The van der Waals surface area contributed by atoms with Gasteiger partial charge in [-0.25, -0.2) is 13.4 Å². The first-order valence-electron chi connectivity index (χ1n) is 7.68. The van der Waals surface area contributed by atoms with E-state index in [1.165, 1.54) is 20.0 Å². The van der Waals surface area contributed by atoms with Crippen molar-refractivity contribution in [2.45, 2.75) is 30.4 Å². The van der Waals surface area contributed by atoms with Crippen molar-refractivity contribution in [2.24, 2.45) is 0 Å². The van der Waals surface area contributed by atoms with Crippen molar-refractivity contribution in [2.75, 3.05) is 26.3 Å². The van der Waals surface area contributed by atoms with E-state index in [4.69, 9.17) is 9.47 Å². The van der Waals surface area contributed by atoms with Crippen LogP contribution in [0.5, 0.6) is 0 Å². The average molecular weight is 371 g/mol. The van der Waals surface area contributed by atoms with Gasteiger partial charge in [-0.05, 0) is 6.92 Å². The molecule has 0 amide bonds. The first-order valence-corrected chi connectivity index (χ1v) is 9.99. The maximum atomic E-state index is 13.0. The van der Waals surface area contributed by atoms with Gasteiger partial charge in [-0.1, -0.05) is 0 Å². The molecule has 10 heteroatoms. The molecule has 2 aliphatic rings. The number of aryl methyl sites for hydroxylation is 1. The van der Waals surface area contributed by atoms with E-state index in [9.17, 15) is 13.2 Å². The molecule has 4 rings (SSSR count). The average Bonchev–Trinajstić information content (AvgIpc) is 3.17. The summed E-state index contributed by atoms with van der Waals surface area (Å²) in [5.41, 5.74) is -0.316. The summed E-state index contributed by atoms with van der Waals surface area (Å²) >= 11 is 1.29. The van der Waals surface area contributed by atoms with Gasteiger partial charge in [-0.2, -0.15) is 4.31 Å². The number of fused-ring (bicyclic) bond motifs is 1. The Morgan fingerprint density at radius 1 is 1.25 bits per heavy atom. The predicted molar refractivity (Wildman–Crippen MR) is 86.7 cm³/mol. The highest BCUT2D eigenvalue weighted by Crippen LogP contribution is 2.33. The van der Waals surface area contributed by atoms with Crippen LogP contribution in [0.1, 0.15) is 18.5 Å². The molecule has 2 saturated heterocycles. The lowest BCUT2D eigenvalue weighted by Crippen LogP contribution is -2.48. The van der Waals surface area contributed by atoms with Crippen LogP contribution >= 0.6 is 11.3 Å². The molecule has 4 heterocycles. The van der Waals surface area contributed by atoms with Crippen molar-refractivity contribution >= 4 is 26.3 Å². The number of sulfonamides is 1. The van der Waals surface area contributed by atoms with Gasteiger partial charge in [0.05, 0.1) is 18.9 Å². The Balaban J connectivity index is 1.70. The van der Waals surface area contributed by atoms with Crippen LogP contribution in [-0.2, 0) is 19.5 Å². The van der Waals surface area contributed by atoms with Crippen LogP contribution in [0.15, 0.2) is 21.3 Å². The first-order chi connectivity index (χ1) is 11.4. The molecule has 0 bridgehead atoms. The zero-order valence-electron chi connectivity index (χ0n) is 13.1. The molecular weight excluding hydrogens is 354 g/mol. The SMILES string of the molecule is Cc1nc2sccn2c(=O)c1S(=O)(=O)N1CCC2(CC1)OCCO2. The fourth-order valence-electron chi connectivity index (χ4n) is 3.24. The minimum atomic E-state index is -3.91. The third kappa shape index (κ3) is 2.40. The molecule has 2 fully saturated rings. The number of nitrogens with zero attached hydrogens (tertiary/aromatic N) is 3. The first kappa shape index (κ1) is 16.2. The molecule has 130 valence electrons. The summed E-state index contributed by atoms with van der Waals surface area (Å²) in [7, 11) is -3.91. The van der Waals surface area contributed by atoms with E-state index in [0.29, 0.717) is 31.0 Å². The van der Waals surface area contributed by atoms with Crippen LogP contribution < -0.4 is 5.56 Å². The number of hydrogen-bond acceptors (Lipinski definition) is 7. The molecule has 1 spiro atoms. The molecule has 0 radical (unpaired) electrons. The van der Waals surface area contributed by atoms with Crippen molar-refractivity contribution in [3.8, 4) is 0 Å². The molecule has 0 aromatic carbocycles. The Hall–Kier alpha value is -1.33. The Bertz CT molecular complexity index is 933. The Kier molecular flexibility index (Phi) is 3.77. The molecule has 0 atom stereocenters. The normalized spacial score (nSPS) is 21.7. The Morgan fingerprint density at radius 3 is 2.58 bits per heavy atom. The lowest BCUT2D eigenvalue weighted by molar-refractivity contribution is -0.179. The molecular formula is C14H17N3O5S2. The Labute approximate surface area is 142 Å². The standard InChI is InChI=1S/C14H17N3O5S2/c1-10-11(12(18)17-6-9-23-13(17)15-10)24(19,20)16-4-2-14(3-5-16)21-7-8-22-14/h6,9H,2-5,7-8H2,1H3. The van der Waals surface area contributed by atoms with Crippen molar-refractivity contribution < 1.29 is 17.9 Å². The molecule has 24 heavy (non-hydrogen) atoms. The van der Waals surface area contributed by atoms with Crippen LogP contribution in [0.3, 0.4) is 0 Å². The van der Waals surface area contributed by atoms with Crippen molar-refractivity contribution in [1.29, 1.82) is 0 Å². The molecule has 0 unspecified atom stereocenters. The van der Waals surface area contributed by atoms with Crippen LogP contribution in [-0.4, -0.2) is 54.2 Å². The van der Waals surface area contributed by atoms with Crippen LogP contribution in [0.4, 0.5) is 0 Å². The number of thiazole rings is 1. The Morgan fingerprint density at radius 2 is 1.92 bits per heavy atom. The van der Waals surface area contributed by atoms with Crippen molar-refractivity contribution in [3.63, 3.8) is 0 Å². The maximum absolute atomic E-state index is 13.0. The number of piperidine rings is 1. The summed E-state index contributed by atoms with van der Waals surface area (Å²) < 4.78 is 39.8. The maximum Gasteiger partial charge on any atom is 0.279 e. The van der Waals surface area contributed by atoms with E-state index in [1.807, 2.05) is 0 Å². The van der Waals surface area contributed by atoms with Crippen LogP contribution in [0.25, 0.3) is 4.96 Å². The fourth-order valence-corrected chi connectivity index (χ4v) is 5.66. The minimum absolute atomic E-state index is 0.233. The number of rotatable bonds is 2. The van der Waals surface area contributed by atoms with Gasteiger partial charge < -0.3 is 9.47 Å². The van der Waals surface area contributed by atoms with E-state index >= 15 is 0 Å². The van der Waals surface area contributed by atoms with Gasteiger partial charge in [0.25, 0.3) is 5.56 Å². The number of aromatic nitrogens is 2. The van der Waals surface area contributed by atoms with Gasteiger partial charge in [0.1, 0.15) is 0 Å². The van der Waals surface area contributed by atoms with Gasteiger partial charge in [0, 0.05) is 37.5 Å². The quantitative estimate of drug-likeness (QED) is 0.768. The molecule has 0 saturated carbocycles. The molecule has 2 aromatic rings. The zero-order valence-corrected chi connectivity index (χ0v) is 14.7. The predicted octanol–water partition coefficient (Wildman–Crippen LogP) is 0.592. The molecule has 8 nitrogen and oxygen atoms in total. The molecule has 2 aromatic heterocycles. The third-order valence-electron chi connectivity index (χ3n) is 4.49. The van der Waals surface area contributed by atoms with Gasteiger partial charge in [-0.15, -0.1) is 11.3 Å². The topological polar surface area (TPSA) is 90.2 Å². The van der Waals surface area contributed by atoms with E-state index in [1.54, 1.807) is 18.5 Å². The van der Waals surface area contributed by atoms with E-state index < -0.39 is 21.4 Å². The van der Waals surface area contributed by atoms with Gasteiger partial charge >= 0.3 is 0 Å². The number of ether oxygens (including phenoxy) is 2. The highest BCUT2D eigenvalue weighted by Gasteiger charge is 2.43. The van der Waals surface area contributed by atoms with Crippen LogP contribution in [0.2, 0.25) is 0 Å². The summed E-state index contributed by atoms with van der Waals surface area (Å²) in [6.07, 6.45) is 2.46. The molecule has 2 aliphatic heterocycles. The van der Waals surface area contributed by atoms with Gasteiger partial charge in [0.2, 0.25) is 10.0 Å². The van der Waals surface area contributed by atoms with Crippen LogP contribution in [0, 0.1) is 6.92 Å². The molecule has 0 N–H and O–H groups in total. The second-order valence-corrected chi connectivity index (χ2v) is 8.65. The van der Waals surface area contributed by atoms with E-state index in [2.05, 4.69) is 4.98 Å². The van der Waals surface area contributed by atoms with E-state index in [-0.39, 0.29) is 23.7 Å². The summed E-state index contributed by atoms with van der Waals surface area (Å²) in [6.45, 7) is 3.14. The second-order valence-electron chi connectivity index (χ2n) is 5.90. The zero-order chi connectivity index (χ0) is 16.9. The summed E-state index contributed by atoms with van der Waals surface area (Å²) in [6, 6.07) is 0. The second kappa shape index (κ2) is 5.60. The van der Waals surface area contributed by atoms with Gasteiger partial charge in [0.15, 0.2) is 15.6 Å². The smallest absolute Gasteiger partial charge is 0.279 e. The summed E-state index contributed by atoms with van der Waals surface area (Å²) in [4.78, 5) is 17.1. The van der Waals surface area contributed by atoms with Crippen molar-refractivity contribution in [1.82, 2.24) is 13.7 Å². The van der Waals surface area contributed by atoms with E-state index in [0.717, 1.165) is 0 Å². The summed E-state index contributed by atoms with van der Waals surface area (Å²) in [5, 5.41) is 1.71. The van der Waals surface area contributed by atoms with Crippen molar-refractivity contribution in [3.05, 3.63) is 27.6 Å². The third-order valence-corrected chi connectivity index (χ3v) is 7.28. The lowest BCUT2D eigenvalue weighted by Gasteiger charge is -2.36. The van der Waals surface area contributed by atoms with Gasteiger partial charge in [-0.3, -0.25) is 9.20 Å². The largest absolute Gasteiger partial charge is 0.347 e.